The van der Waals surface area contributed by atoms with E-state index in [1.807, 2.05) is 13.8 Å². The van der Waals surface area contributed by atoms with Crippen LogP contribution in [0.15, 0.2) is 0 Å². The predicted octanol–water partition coefficient (Wildman–Crippen LogP) is 1.30. The van der Waals surface area contributed by atoms with E-state index in [0.29, 0.717) is 0 Å². The molecule has 0 aliphatic carbocycles. The number of alkyl halides is 3. The van der Waals surface area contributed by atoms with E-state index in [4.69, 9.17) is 5.11 Å². The van der Waals surface area contributed by atoms with Crippen molar-refractivity contribution in [3.63, 3.8) is 0 Å². The first-order valence-electron chi connectivity index (χ1n) is 3.95. The number of β-amino-alcohol motifs (C(OH)–C–C–N with tert-alkyl or cyclic N) is 1. The molecule has 0 radical (unpaired) electrons. The van der Waals surface area contributed by atoms with Crippen LogP contribution in [0, 0.1) is 0 Å². The van der Waals surface area contributed by atoms with Crippen molar-refractivity contribution in [3.8, 4) is 0 Å². The van der Waals surface area contributed by atoms with Crippen molar-refractivity contribution in [1.29, 1.82) is 0 Å². The summed E-state index contributed by atoms with van der Waals surface area (Å²) in [6.07, 6.45) is -4.73. The van der Waals surface area contributed by atoms with Crippen LogP contribution in [0.4, 0.5) is 13.2 Å². The fraction of sp³-hybridized carbons (Fsp3) is 1.00. The minimum Gasteiger partial charge on any atom is -0.379 e. The number of hydrogen-bond acceptors (Lipinski definition) is 2. The van der Waals surface area contributed by atoms with E-state index in [1.165, 1.54) is 0 Å². The molecular weight excluding hydrogens is 171 g/mol. The molecule has 12 heavy (non-hydrogen) atoms. The van der Waals surface area contributed by atoms with Crippen LogP contribution < -0.4 is 5.32 Å². The van der Waals surface area contributed by atoms with Gasteiger partial charge in [0.25, 0.3) is 0 Å². The molecule has 0 amide bonds. The number of aliphatic hydroxyl groups is 1. The van der Waals surface area contributed by atoms with Crippen LogP contribution in [0.5, 0.6) is 0 Å². The smallest absolute Gasteiger partial charge is 0.379 e. The zero-order valence-corrected chi connectivity index (χ0v) is 7.20. The molecule has 0 spiro atoms. The second-order valence-corrected chi connectivity index (χ2v) is 2.46. The van der Waals surface area contributed by atoms with E-state index in [2.05, 4.69) is 5.32 Å². The van der Waals surface area contributed by atoms with Gasteiger partial charge in [-0.3, -0.25) is 0 Å². The molecule has 0 aromatic heterocycles. The molecule has 2 nitrogen and oxygen atoms in total. The molecule has 1 atom stereocenters. The van der Waals surface area contributed by atoms with Crippen LogP contribution in [0.3, 0.4) is 0 Å². The predicted molar refractivity (Wildman–Crippen MR) is 39.8 cm³/mol. The maximum atomic E-state index is 11.9. The SMILES string of the molecule is CC.OC1(C(F)(F)F)CCNC1. The van der Waals surface area contributed by atoms with Crippen LogP contribution >= 0.6 is 0 Å². The molecule has 1 unspecified atom stereocenters. The molecule has 74 valence electrons. The van der Waals surface area contributed by atoms with Gasteiger partial charge in [-0.2, -0.15) is 13.2 Å². The van der Waals surface area contributed by atoms with Crippen LogP contribution in [-0.2, 0) is 0 Å². The Hall–Kier alpha value is -0.290. The number of nitrogens with one attached hydrogen (secondary N) is 1. The zero-order valence-electron chi connectivity index (χ0n) is 7.20. The zero-order chi connectivity index (χ0) is 9.83. The molecule has 1 rings (SSSR count). The fourth-order valence-electron chi connectivity index (χ4n) is 0.921. The Balaban J connectivity index is 0.000000561. The van der Waals surface area contributed by atoms with E-state index in [0.717, 1.165) is 0 Å². The first-order chi connectivity index (χ1) is 5.46. The Kier molecular flexibility index (Phi) is 3.99. The van der Waals surface area contributed by atoms with Gasteiger partial charge in [-0.25, -0.2) is 0 Å². The third kappa shape index (κ3) is 2.35. The molecule has 0 bridgehead atoms. The highest BCUT2D eigenvalue weighted by Gasteiger charge is 2.54. The van der Waals surface area contributed by atoms with Crippen molar-refractivity contribution in [2.45, 2.75) is 32.0 Å². The molecule has 2 N–H and O–H groups in total. The van der Waals surface area contributed by atoms with Crippen molar-refractivity contribution >= 4 is 0 Å². The first kappa shape index (κ1) is 11.7. The normalized spacial score (nSPS) is 29.5. The Morgan fingerprint density at radius 1 is 1.33 bits per heavy atom. The van der Waals surface area contributed by atoms with Gasteiger partial charge in [0, 0.05) is 6.54 Å². The van der Waals surface area contributed by atoms with Crippen LogP contribution in [0.1, 0.15) is 20.3 Å². The average Bonchev–Trinajstić information content (AvgIpc) is 2.40. The maximum absolute atomic E-state index is 11.9. The van der Waals surface area contributed by atoms with Crippen molar-refractivity contribution in [2.24, 2.45) is 0 Å². The molecular formula is C7H14F3NO. The summed E-state index contributed by atoms with van der Waals surface area (Å²) in [6, 6.07) is 0. The molecule has 0 aromatic carbocycles. The number of halogens is 3. The van der Waals surface area contributed by atoms with Crippen LogP contribution in [0.2, 0.25) is 0 Å². The van der Waals surface area contributed by atoms with Crippen molar-refractivity contribution in [2.75, 3.05) is 13.1 Å². The third-order valence-corrected chi connectivity index (χ3v) is 1.66. The molecule has 1 saturated heterocycles. The van der Waals surface area contributed by atoms with E-state index >= 15 is 0 Å². The van der Waals surface area contributed by atoms with Gasteiger partial charge < -0.3 is 10.4 Å². The number of hydrogen-bond donors (Lipinski definition) is 2. The van der Waals surface area contributed by atoms with Crippen LogP contribution in [-0.4, -0.2) is 30.0 Å². The fourth-order valence-corrected chi connectivity index (χ4v) is 0.921. The minimum absolute atomic E-state index is 0.232. The lowest BCUT2D eigenvalue weighted by Crippen LogP contribution is -2.46. The Labute approximate surface area is 69.8 Å². The van der Waals surface area contributed by atoms with Crippen molar-refractivity contribution in [1.82, 2.24) is 5.32 Å². The molecule has 5 heteroatoms. The Bertz CT molecular complexity index is 129. The van der Waals surface area contributed by atoms with Crippen molar-refractivity contribution < 1.29 is 18.3 Å². The summed E-state index contributed by atoms with van der Waals surface area (Å²) in [5, 5.41) is 11.3. The summed E-state index contributed by atoms with van der Waals surface area (Å²) in [7, 11) is 0. The summed E-state index contributed by atoms with van der Waals surface area (Å²) < 4.78 is 35.6. The Morgan fingerprint density at radius 3 is 2.00 bits per heavy atom. The lowest BCUT2D eigenvalue weighted by Gasteiger charge is -2.23. The molecule has 1 heterocycles. The average molecular weight is 185 g/mol. The van der Waals surface area contributed by atoms with Gasteiger partial charge in [0.15, 0.2) is 5.60 Å². The van der Waals surface area contributed by atoms with Gasteiger partial charge in [0.1, 0.15) is 0 Å². The van der Waals surface area contributed by atoms with E-state index in [1.54, 1.807) is 0 Å². The van der Waals surface area contributed by atoms with Gasteiger partial charge >= 0.3 is 6.18 Å². The highest BCUT2D eigenvalue weighted by molar-refractivity contribution is 4.93. The minimum atomic E-state index is -4.49. The summed E-state index contributed by atoms with van der Waals surface area (Å²) in [5.74, 6) is 0. The number of rotatable bonds is 0. The van der Waals surface area contributed by atoms with Gasteiger partial charge in [-0.05, 0) is 13.0 Å². The lowest BCUT2D eigenvalue weighted by atomic mass is 10.0. The molecule has 1 fully saturated rings. The van der Waals surface area contributed by atoms with E-state index < -0.39 is 11.8 Å². The highest BCUT2D eigenvalue weighted by atomic mass is 19.4. The topological polar surface area (TPSA) is 32.3 Å². The first-order valence-corrected chi connectivity index (χ1v) is 3.95. The summed E-state index contributed by atoms with van der Waals surface area (Å²) in [4.78, 5) is 0. The maximum Gasteiger partial charge on any atom is 0.418 e. The standard InChI is InChI=1S/C5H8F3NO.C2H6/c6-5(7,8)4(10)1-2-9-3-4;1-2/h9-10H,1-3H2;1-2H3. The van der Waals surface area contributed by atoms with Gasteiger partial charge in [0.05, 0.1) is 0 Å². The monoisotopic (exact) mass is 185 g/mol. The van der Waals surface area contributed by atoms with E-state index in [-0.39, 0.29) is 19.5 Å². The summed E-state index contributed by atoms with van der Waals surface area (Å²) in [6.45, 7) is 3.85. The molecule has 0 aromatic rings. The largest absolute Gasteiger partial charge is 0.418 e. The summed E-state index contributed by atoms with van der Waals surface area (Å²) in [5.41, 5.74) is -2.48. The molecule has 1 aliphatic heterocycles. The molecule has 1 aliphatic rings. The second-order valence-electron chi connectivity index (χ2n) is 2.46. The van der Waals surface area contributed by atoms with E-state index in [9.17, 15) is 13.2 Å². The third-order valence-electron chi connectivity index (χ3n) is 1.66. The van der Waals surface area contributed by atoms with Crippen molar-refractivity contribution in [3.05, 3.63) is 0 Å². The summed E-state index contributed by atoms with van der Waals surface area (Å²) >= 11 is 0. The quantitative estimate of drug-likeness (QED) is 0.596. The van der Waals surface area contributed by atoms with Crippen LogP contribution in [0.25, 0.3) is 0 Å². The van der Waals surface area contributed by atoms with Gasteiger partial charge in [0.2, 0.25) is 0 Å². The molecule has 0 saturated carbocycles. The second kappa shape index (κ2) is 4.09. The highest BCUT2D eigenvalue weighted by Crippen LogP contribution is 2.34. The lowest BCUT2D eigenvalue weighted by molar-refractivity contribution is -0.251. The van der Waals surface area contributed by atoms with Gasteiger partial charge in [-0.15, -0.1) is 0 Å². The Morgan fingerprint density at radius 2 is 1.83 bits per heavy atom. The van der Waals surface area contributed by atoms with Gasteiger partial charge in [-0.1, -0.05) is 13.8 Å².